The fraction of sp³-hybridized carbons (Fsp3) is 0.130. The molecule has 0 aliphatic carbocycles. The van der Waals surface area contributed by atoms with E-state index in [0.29, 0.717) is 10.8 Å². The van der Waals surface area contributed by atoms with Crippen LogP contribution in [0.4, 0.5) is 10.8 Å². The van der Waals surface area contributed by atoms with E-state index in [-0.39, 0.29) is 15.4 Å². The van der Waals surface area contributed by atoms with Crippen LogP contribution in [0.15, 0.2) is 80.5 Å². The van der Waals surface area contributed by atoms with Crippen molar-refractivity contribution in [1.82, 2.24) is 4.98 Å². The van der Waals surface area contributed by atoms with Gasteiger partial charge in [0.15, 0.2) is 5.13 Å². The van der Waals surface area contributed by atoms with Gasteiger partial charge in [0.1, 0.15) is 9.96 Å². The maximum Gasteiger partial charge on any atom is 0.271 e. The van der Waals surface area contributed by atoms with Gasteiger partial charge in [0.05, 0.1) is 18.1 Å². The number of anilines is 2. The number of hydrogen-bond donors (Lipinski definition) is 2. The van der Waals surface area contributed by atoms with Crippen LogP contribution in [0.3, 0.4) is 0 Å². The molecule has 0 radical (unpaired) electrons. The number of ether oxygens (including phenoxy) is 1. The van der Waals surface area contributed by atoms with Crippen molar-refractivity contribution in [3.05, 3.63) is 71.4 Å². The van der Waals surface area contributed by atoms with Crippen LogP contribution in [0.2, 0.25) is 0 Å². The van der Waals surface area contributed by atoms with Crippen molar-refractivity contribution >= 4 is 61.2 Å². The maximum atomic E-state index is 12.7. The molecule has 2 aromatic heterocycles. The van der Waals surface area contributed by atoms with Crippen LogP contribution in [-0.2, 0) is 14.8 Å². The Morgan fingerprint density at radius 2 is 1.88 bits per heavy atom. The van der Waals surface area contributed by atoms with E-state index in [1.54, 1.807) is 48.9 Å². The van der Waals surface area contributed by atoms with E-state index in [1.165, 1.54) is 23.1 Å². The summed E-state index contributed by atoms with van der Waals surface area (Å²) in [5.74, 6) is 0.575. The van der Waals surface area contributed by atoms with Gasteiger partial charge in [-0.05, 0) is 54.8 Å². The molecule has 1 atom stereocenters. The average molecular weight is 532 g/mol. The lowest BCUT2D eigenvalue weighted by Crippen LogP contribution is -2.22. The van der Waals surface area contributed by atoms with E-state index in [0.717, 1.165) is 33.2 Å². The second kappa shape index (κ2) is 10.6. The van der Waals surface area contributed by atoms with Gasteiger partial charge in [-0.2, -0.15) is 0 Å². The molecule has 4 rings (SSSR count). The third-order valence-electron chi connectivity index (χ3n) is 4.65. The number of sulfonamides is 1. The maximum absolute atomic E-state index is 12.7. The predicted octanol–water partition coefficient (Wildman–Crippen LogP) is 5.80. The Bertz CT molecular complexity index is 1370. The average Bonchev–Trinajstić information content (AvgIpc) is 3.53. The molecule has 1 unspecified atom stereocenters. The van der Waals surface area contributed by atoms with E-state index in [4.69, 9.17) is 4.74 Å². The molecule has 4 aromatic rings. The van der Waals surface area contributed by atoms with Crippen LogP contribution in [0.1, 0.15) is 6.92 Å². The number of benzene rings is 2. The van der Waals surface area contributed by atoms with E-state index in [1.807, 2.05) is 36.6 Å². The highest BCUT2D eigenvalue weighted by molar-refractivity contribution is 8.00. The molecule has 0 aliphatic rings. The third kappa shape index (κ3) is 5.98. The molecule has 2 aromatic carbocycles. The summed E-state index contributed by atoms with van der Waals surface area (Å²) in [5.41, 5.74) is 2.14. The van der Waals surface area contributed by atoms with Gasteiger partial charge in [-0.25, -0.2) is 13.4 Å². The van der Waals surface area contributed by atoms with Crippen LogP contribution < -0.4 is 14.8 Å². The zero-order valence-corrected chi connectivity index (χ0v) is 21.5. The second-order valence-corrected chi connectivity index (χ2v) is 12.2. The molecule has 0 fully saturated rings. The monoisotopic (exact) mass is 531 g/mol. The fourth-order valence-corrected chi connectivity index (χ4v) is 6.58. The molecule has 0 aliphatic heterocycles. The summed E-state index contributed by atoms with van der Waals surface area (Å²) >= 11 is 3.89. The van der Waals surface area contributed by atoms with Gasteiger partial charge in [0.2, 0.25) is 5.91 Å². The van der Waals surface area contributed by atoms with E-state index >= 15 is 0 Å². The Balaban J connectivity index is 1.34. The minimum atomic E-state index is -3.59. The standard InChI is InChI=1S/C23H21N3O4S4/c1-15(22(27)25-23-24-20(14-32-23)16-5-3-6-18(13-16)30-2)33-19-10-8-17(9-11-19)26-34(28,29)21-7-4-12-31-21/h3-15,26H,1-2H3,(H,24,25,27). The quantitative estimate of drug-likeness (QED) is 0.265. The van der Waals surface area contributed by atoms with Gasteiger partial charge in [0.25, 0.3) is 10.0 Å². The number of rotatable bonds is 9. The molecule has 2 heterocycles. The van der Waals surface area contributed by atoms with Crippen molar-refractivity contribution in [3.8, 4) is 17.0 Å². The van der Waals surface area contributed by atoms with Crippen molar-refractivity contribution in [1.29, 1.82) is 0 Å². The summed E-state index contributed by atoms with van der Waals surface area (Å²) in [4.78, 5) is 18.0. The van der Waals surface area contributed by atoms with Crippen LogP contribution in [-0.4, -0.2) is 31.7 Å². The molecule has 0 bridgehead atoms. The van der Waals surface area contributed by atoms with Gasteiger partial charge in [-0.1, -0.05) is 18.2 Å². The molecule has 0 saturated heterocycles. The molecule has 34 heavy (non-hydrogen) atoms. The first-order valence-electron chi connectivity index (χ1n) is 10.1. The second-order valence-electron chi connectivity index (χ2n) is 7.08. The Morgan fingerprint density at radius 3 is 2.59 bits per heavy atom. The van der Waals surface area contributed by atoms with E-state index in [9.17, 15) is 13.2 Å². The smallest absolute Gasteiger partial charge is 0.271 e. The Morgan fingerprint density at radius 1 is 1.09 bits per heavy atom. The fourth-order valence-electron chi connectivity index (χ4n) is 2.93. The minimum Gasteiger partial charge on any atom is -0.497 e. The van der Waals surface area contributed by atoms with Gasteiger partial charge in [-0.3, -0.25) is 9.52 Å². The molecular weight excluding hydrogens is 511 g/mol. The predicted molar refractivity (Wildman–Crippen MR) is 140 cm³/mol. The lowest BCUT2D eigenvalue weighted by Gasteiger charge is -2.11. The highest BCUT2D eigenvalue weighted by Gasteiger charge is 2.18. The van der Waals surface area contributed by atoms with Gasteiger partial charge in [0, 0.05) is 21.5 Å². The van der Waals surface area contributed by atoms with Crippen LogP contribution in [0, 0.1) is 0 Å². The lowest BCUT2D eigenvalue weighted by atomic mass is 10.2. The van der Waals surface area contributed by atoms with E-state index in [2.05, 4.69) is 15.0 Å². The number of nitrogens with one attached hydrogen (secondary N) is 2. The first kappa shape index (κ1) is 24.3. The molecule has 0 saturated carbocycles. The van der Waals surface area contributed by atoms with Gasteiger partial charge >= 0.3 is 0 Å². The van der Waals surface area contributed by atoms with Crippen molar-refractivity contribution in [3.63, 3.8) is 0 Å². The first-order valence-corrected chi connectivity index (χ1v) is 14.2. The molecule has 1 amide bonds. The first-order chi connectivity index (χ1) is 16.3. The number of nitrogens with zero attached hydrogens (tertiary/aromatic N) is 1. The summed E-state index contributed by atoms with van der Waals surface area (Å²) in [6.07, 6.45) is 0. The number of aromatic nitrogens is 1. The molecule has 0 spiro atoms. The summed E-state index contributed by atoms with van der Waals surface area (Å²) in [6.45, 7) is 1.81. The summed E-state index contributed by atoms with van der Waals surface area (Å²) in [5, 5.41) is 6.61. The topological polar surface area (TPSA) is 97.4 Å². The number of thiophene rings is 1. The Kier molecular flexibility index (Phi) is 7.57. The van der Waals surface area contributed by atoms with Crippen LogP contribution >= 0.6 is 34.4 Å². The number of amides is 1. The molecule has 176 valence electrons. The third-order valence-corrected chi connectivity index (χ3v) is 9.30. The molecule has 7 nitrogen and oxygen atoms in total. The molecule has 11 heteroatoms. The summed E-state index contributed by atoms with van der Waals surface area (Å²) < 4.78 is 32.8. The van der Waals surface area contributed by atoms with Crippen LogP contribution in [0.5, 0.6) is 5.75 Å². The van der Waals surface area contributed by atoms with Crippen LogP contribution in [0.25, 0.3) is 11.3 Å². The molecular formula is C23H21N3O4S4. The Hall–Kier alpha value is -2.86. The summed E-state index contributed by atoms with van der Waals surface area (Å²) in [7, 11) is -1.98. The zero-order valence-electron chi connectivity index (χ0n) is 18.2. The minimum absolute atomic E-state index is 0.168. The number of methoxy groups -OCH3 is 1. The van der Waals surface area contributed by atoms with Gasteiger partial charge in [-0.15, -0.1) is 34.4 Å². The normalized spacial score (nSPS) is 12.2. The summed E-state index contributed by atoms with van der Waals surface area (Å²) in [6, 6.07) is 17.8. The zero-order chi connectivity index (χ0) is 24.1. The Labute approximate surface area is 210 Å². The van der Waals surface area contributed by atoms with Crippen molar-refractivity contribution in [2.75, 3.05) is 17.1 Å². The number of carbonyl (C=O) groups is 1. The number of thioether (sulfide) groups is 1. The van der Waals surface area contributed by atoms with E-state index < -0.39 is 10.0 Å². The van der Waals surface area contributed by atoms with Crippen molar-refractivity contribution in [2.45, 2.75) is 21.3 Å². The van der Waals surface area contributed by atoms with Gasteiger partial charge < -0.3 is 10.1 Å². The van der Waals surface area contributed by atoms with Crippen molar-refractivity contribution < 1.29 is 17.9 Å². The SMILES string of the molecule is COc1cccc(-c2csc(NC(=O)C(C)Sc3ccc(NS(=O)(=O)c4cccs4)cc3)n2)c1. The highest BCUT2D eigenvalue weighted by Crippen LogP contribution is 2.30. The number of thiazole rings is 1. The number of hydrogen-bond acceptors (Lipinski definition) is 8. The van der Waals surface area contributed by atoms with Crippen molar-refractivity contribution in [2.24, 2.45) is 0 Å². The lowest BCUT2D eigenvalue weighted by molar-refractivity contribution is -0.115. The highest BCUT2D eigenvalue weighted by atomic mass is 32.2. The molecule has 2 N–H and O–H groups in total. The largest absolute Gasteiger partial charge is 0.497 e. The number of carbonyl (C=O) groups excluding carboxylic acids is 1.